The molecule has 1 heterocycles. The third-order valence-electron chi connectivity index (χ3n) is 3.59. The number of hydrogen-bond acceptors (Lipinski definition) is 4. The predicted molar refractivity (Wildman–Crippen MR) is 90.7 cm³/mol. The standard InChI is InChI=1S/C17H27N3O2/c1-12-7-8-13(9-15(12)19(5)6)18-14-10-20(11-14)16(21)22-17(2,3)4/h7-9,14,18H,10-11H2,1-6H3. The normalized spacial score (nSPS) is 15.3. The van der Waals surface area contributed by atoms with Crippen LogP contribution >= 0.6 is 0 Å². The molecule has 1 N–H and O–H groups in total. The fraction of sp³-hybridized carbons (Fsp3) is 0.588. The first-order chi connectivity index (χ1) is 10.2. The van der Waals surface area contributed by atoms with Crippen LogP contribution in [-0.4, -0.2) is 49.8 Å². The van der Waals surface area contributed by atoms with Gasteiger partial charge < -0.3 is 19.9 Å². The first kappa shape index (κ1) is 16.5. The molecule has 1 amide bonds. The lowest BCUT2D eigenvalue weighted by molar-refractivity contribution is 0.0105. The lowest BCUT2D eigenvalue weighted by atomic mass is 10.1. The number of amides is 1. The SMILES string of the molecule is Cc1ccc(NC2CN(C(=O)OC(C)(C)C)C2)cc1N(C)C. The molecule has 1 aromatic rings. The lowest BCUT2D eigenvalue weighted by Gasteiger charge is -2.40. The van der Waals surface area contributed by atoms with Crippen molar-refractivity contribution in [1.82, 2.24) is 4.90 Å². The zero-order valence-electron chi connectivity index (χ0n) is 14.4. The van der Waals surface area contributed by atoms with Gasteiger partial charge in [-0.3, -0.25) is 0 Å². The Morgan fingerprint density at radius 2 is 1.95 bits per heavy atom. The first-order valence-electron chi connectivity index (χ1n) is 7.68. The van der Waals surface area contributed by atoms with Crippen molar-refractivity contribution in [1.29, 1.82) is 0 Å². The van der Waals surface area contributed by atoms with Gasteiger partial charge in [-0.05, 0) is 45.4 Å². The summed E-state index contributed by atoms with van der Waals surface area (Å²) in [6.07, 6.45) is -0.233. The minimum atomic E-state index is -0.437. The zero-order valence-corrected chi connectivity index (χ0v) is 14.4. The van der Waals surface area contributed by atoms with Crippen molar-refractivity contribution >= 4 is 17.5 Å². The molecule has 0 atom stereocenters. The molecule has 1 fully saturated rings. The maximum absolute atomic E-state index is 11.9. The third kappa shape index (κ3) is 4.06. The van der Waals surface area contributed by atoms with Crippen molar-refractivity contribution in [3.63, 3.8) is 0 Å². The van der Waals surface area contributed by atoms with Gasteiger partial charge in [0.25, 0.3) is 0 Å². The van der Waals surface area contributed by atoms with Crippen LogP contribution in [0.1, 0.15) is 26.3 Å². The molecule has 22 heavy (non-hydrogen) atoms. The molecule has 1 aliphatic rings. The molecule has 0 saturated carbocycles. The molecule has 0 radical (unpaired) electrons. The van der Waals surface area contributed by atoms with Crippen LogP contribution in [0.5, 0.6) is 0 Å². The van der Waals surface area contributed by atoms with E-state index < -0.39 is 5.60 Å². The van der Waals surface area contributed by atoms with Crippen LogP contribution in [0.3, 0.4) is 0 Å². The van der Waals surface area contributed by atoms with E-state index in [9.17, 15) is 4.79 Å². The van der Waals surface area contributed by atoms with E-state index in [-0.39, 0.29) is 12.1 Å². The van der Waals surface area contributed by atoms with E-state index in [0.29, 0.717) is 13.1 Å². The van der Waals surface area contributed by atoms with Crippen LogP contribution in [0, 0.1) is 6.92 Å². The summed E-state index contributed by atoms with van der Waals surface area (Å²) in [6.45, 7) is 9.12. The summed E-state index contributed by atoms with van der Waals surface area (Å²) < 4.78 is 5.36. The average Bonchev–Trinajstić information content (AvgIpc) is 2.32. The van der Waals surface area contributed by atoms with Gasteiger partial charge in [0.15, 0.2) is 0 Å². The summed E-state index contributed by atoms with van der Waals surface area (Å²) in [5.41, 5.74) is 3.10. The van der Waals surface area contributed by atoms with Crippen molar-refractivity contribution in [2.45, 2.75) is 39.3 Å². The number of hydrogen-bond donors (Lipinski definition) is 1. The van der Waals surface area contributed by atoms with Crippen molar-refractivity contribution < 1.29 is 9.53 Å². The molecule has 0 spiro atoms. The molecule has 0 aromatic heterocycles. The number of carbonyl (C=O) groups excluding carboxylic acids is 1. The van der Waals surface area contributed by atoms with E-state index in [0.717, 1.165) is 5.69 Å². The van der Waals surface area contributed by atoms with Crippen molar-refractivity contribution in [3.05, 3.63) is 23.8 Å². The van der Waals surface area contributed by atoms with Crippen LogP contribution < -0.4 is 10.2 Å². The van der Waals surface area contributed by atoms with Crippen LogP contribution in [-0.2, 0) is 4.74 Å². The van der Waals surface area contributed by atoms with Gasteiger partial charge in [-0.15, -0.1) is 0 Å². The van der Waals surface area contributed by atoms with E-state index in [1.807, 2.05) is 34.9 Å². The monoisotopic (exact) mass is 305 g/mol. The van der Waals surface area contributed by atoms with Crippen LogP contribution in [0.15, 0.2) is 18.2 Å². The Morgan fingerprint density at radius 1 is 1.32 bits per heavy atom. The number of anilines is 2. The largest absolute Gasteiger partial charge is 0.444 e. The van der Waals surface area contributed by atoms with Crippen LogP contribution in [0.2, 0.25) is 0 Å². The second kappa shape index (κ2) is 6.07. The smallest absolute Gasteiger partial charge is 0.410 e. The molecule has 0 unspecified atom stereocenters. The van der Waals surface area contributed by atoms with E-state index in [1.165, 1.54) is 11.3 Å². The highest BCUT2D eigenvalue weighted by atomic mass is 16.6. The average molecular weight is 305 g/mol. The second-order valence-electron chi connectivity index (χ2n) is 7.12. The topological polar surface area (TPSA) is 44.8 Å². The van der Waals surface area contributed by atoms with Gasteiger partial charge >= 0.3 is 6.09 Å². The summed E-state index contributed by atoms with van der Waals surface area (Å²) in [5, 5.41) is 3.47. The van der Waals surface area contributed by atoms with E-state index >= 15 is 0 Å². The Morgan fingerprint density at radius 3 is 2.50 bits per heavy atom. The third-order valence-corrected chi connectivity index (χ3v) is 3.59. The van der Waals surface area contributed by atoms with Crippen LogP contribution in [0.4, 0.5) is 16.2 Å². The van der Waals surface area contributed by atoms with E-state index in [2.05, 4.69) is 35.3 Å². The van der Waals surface area contributed by atoms with Crippen molar-refractivity contribution in [2.24, 2.45) is 0 Å². The molecule has 1 saturated heterocycles. The van der Waals surface area contributed by atoms with Gasteiger partial charge in [0.1, 0.15) is 5.60 Å². The maximum Gasteiger partial charge on any atom is 0.410 e. The van der Waals surface area contributed by atoms with E-state index in [4.69, 9.17) is 4.74 Å². The van der Waals surface area contributed by atoms with Gasteiger partial charge in [0.2, 0.25) is 0 Å². The number of benzene rings is 1. The van der Waals surface area contributed by atoms with Crippen molar-refractivity contribution in [2.75, 3.05) is 37.4 Å². The maximum atomic E-state index is 11.9. The summed E-state index contributed by atoms with van der Waals surface area (Å²) in [7, 11) is 4.08. The second-order valence-corrected chi connectivity index (χ2v) is 7.12. The number of carbonyl (C=O) groups is 1. The summed E-state index contributed by atoms with van der Waals surface area (Å²) in [5.74, 6) is 0. The number of likely N-dealkylation sites (tertiary alicyclic amines) is 1. The Labute approximate surface area is 133 Å². The first-order valence-corrected chi connectivity index (χ1v) is 7.68. The lowest BCUT2D eigenvalue weighted by Crippen LogP contribution is -2.57. The fourth-order valence-corrected chi connectivity index (χ4v) is 2.46. The molecule has 2 rings (SSSR count). The van der Waals surface area contributed by atoms with Gasteiger partial charge in [0.05, 0.1) is 6.04 Å². The molecule has 0 aliphatic carbocycles. The highest BCUT2D eigenvalue weighted by Crippen LogP contribution is 2.24. The minimum Gasteiger partial charge on any atom is -0.444 e. The molecular weight excluding hydrogens is 278 g/mol. The summed E-state index contributed by atoms with van der Waals surface area (Å²) in [6, 6.07) is 6.62. The van der Waals surface area contributed by atoms with Gasteiger partial charge in [-0.2, -0.15) is 0 Å². The van der Waals surface area contributed by atoms with Gasteiger partial charge in [0, 0.05) is 38.6 Å². The number of rotatable bonds is 3. The number of aryl methyl sites for hydroxylation is 1. The number of nitrogens with zero attached hydrogens (tertiary/aromatic N) is 2. The Hall–Kier alpha value is -1.91. The molecule has 122 valence electrons. The minimum absolute atomic E-state index is 0.233. The van der Waals surface area contributed by atoms with Gasteiger partial charge in [-0.25, -0.2) is 4.79 Å². The summed E-state index contributed by atoms with van der Waals surface area (Å²) >= 11 is 0. The Bertz CT molecular complexity index is 543. The number of ether oxygens (including phenoxy) is 1. The highest BCUT2D eigenvalue weighted by molar-refractivity contribution is 5.70. The molecule has 1 aliphatic heterocycles. The summed E-state index contributed by atoms with van der Waals surface area (Å²) in [4.78, 5) is 15.7. The molecule has 5 nitrogen and oxygen atoms in total. The zero-order chi connectivity index (χ0) is 16.5. The predicted octanol–water partition coefficient (Wildman–Crippen LogP) is 3.09. The van der Waals surface area contributed by atoms with Crippen LogP contribution in [0.25, 0.3) is 0 Å². The number of nitrogens with one attached hydrogen (secondary N) is 1. The van der Waals surface area contributed by atoms with Gasteiger partial charge in [-0.1, -0.05) is 6.07 Å². The quantitative estimate of drug-likeness (QED) is 0.932. The van der Waals surface area contributed by atoms with Crippen molar-refractivity contribution in [3.8, 4) is 0 Å². The Balaban J connectivity index is 1.88. The van der Waals surface area contributed by atoms with E-state index in [1.54, 1.807) is 4.90 Å². The fourth-order valence-electron chi connectivity index (χ4n) is 2.46. The molecule has 5 heteroatoms. The molecule has 1 aromatic carbocycles. The molecular formula is C17H27N3O2. The Kier molecular flexibility index (Phi) is 4.54. The highest BCUT2D eigenvalue weighted by Gasteiger charge is 2.33. The molecule has 0 bridgehead atoms.